The van der Waals surface area contributed by atoms with Crippen molar-refractivity contribution in [3.8, 4) is 0 Å². The zero-order valence-electron chi connectivity index (χ0n) is 14.2. The van der Waals surface area contributed by atoms with Gasteiger partial charge in [0.05, 0.1) is 0 Å². The van der Waals surface area contributed by atoms with Crippen molar-refractivity contribution < 1.29 is 0 Å². The van der Waals surface area contributed by atoms with E-state index in [4.69, 9.17) is 0 Å². The second-order valence-electron chi connectivity index (χ2n) is 6.52. The molecule has 0 heterocycles. The molecule has 3 atom stereocenters. The first kappa shape index (κ1) is 16.5. The van der Waals surface area contributed by atoms with Crippen molar-refractivity contribution in [2.24, 2.45) is 0 Å². The number of benzene rings is 1. The first-order chi connectivity index (χ1) is 10.2. The van der Waals surface area contributed by atoms with Gasteiger partial charge >= 0.3 is 0 Å². The predicted molar refractivity (Wildman–Crippen MR) is 91.8 cm³/mol. The van der Waals surface area contributed by atoms with Crippen molar-refractivity contribution in [1.82, 2.24) is 10.2 Å². The summed E-state index contributed by atoms with van der Waals surface area (Å²) in [6.07, 6.45) is 6.36. The van der Waals surface area contributed by atoms with Crippen LogP contribution in [0, 0.1) is 0 Å². The van der Waals surface area contributed by atoms with Gasteiger partial charge in [0.2, 0.25) is 0 Å². The fourth-order valence-electron chi connectivity index (χ4n) is 4.10. The van der Waals surface area contributed by atoms with E-state index in [1.807, 2.05) is 0 Å². The Bertz CT molecular complexity index is 399. The topological polar surface area (TPSA) is 15.3 Å². The average Bonchev–Trinajstić information content (AvgIpc) is 2.56. The fraction of sp³-hybridized carbons (Fsp3) is 0.684. The molecule has 1 saturated carbocycles. The number of hydrogen-bond acceptors (Lipinski definition) is 2. The molecule has 1 aliphatic rings. The van der Waals surface area contributed by atoms with Crippen molar-refractivity contribution in [3.05, 3.63) is 35.9 Å². The van der Waals surface area contributed by atoms with Gasteiger partial charge in [0.25, 0.3) is 0 Å². The van der Waals surface area contributed by atoms with Crippen LogP contribution in [0.25, 0.3) is 0 Å². The molecule has 1 N–H and O–H groups in total. The van der Waals surface area contributed by atoms with Gasteiger partial charge in [-0.1, -0.05) is 44.2 Å². The SMILES string of the molecule is CCC(CC)N(C)C1CC(c2ccccc2)CCC1NC. The van der Waals surface area contributed by atoms with Crippen molar-refractivity contribution in [1.29, 1.82) is 0 Å². The zero-order chi connectivity index (χ0) is 15.2. The number of nitrogens with zero attached hydrogens (tertiary/aromatic N) is 1. The third-order valence-electron chi connectivity index (χ3n) is 5.50. The molecule has 1 fully saturated rings. The number of hydrogen-bond donors (Lipinski definition) is 1. The van der Waals surface area contributed by atoms with E-state index in [0.29, 0.717) is 18.1 Å². The number of nitrogens with one attached hydrogen (secondary N) is 1. The molecule has 0 saturated heterocycles. The molecule has 3 unspecified atom stereocenters. The van der Waals surface area contributed by atoms with Crippen LogP contribution in [-0.4, -0.2) is 37.1 Å². The predicted octanol–water partition coefficient (Wildman–Crippen LogP) is 4.03. The average molecular weight is 288 g/mol. The quantitative estimate of drug-likeness (QED) is 0.850. The van der Waals surface area contributed by atoms with Crippen LogP contribution in [0.4, 0.5) is 0 Å². The molecular weight excluding hydrogens is 256 g/mol. The van der Waals surface area contributed by atoms with Crippen LogP contribution in [-0.2, 0) is 0 Å². The Hall–Kier alpha value is -0.860. The minimum atomic E-state index is 0.635. The van der Waals surface area contributed by atoms with Crippen LogP contribution in [0.2, 0.25) is 0 Å². The summed E-state index contributed by atoms with van der Waals surface area (Å²) in [6.45, 7) is 4.63. The Morgan fingerprint density at radius 2 is 1.81 bits per heavy atom. The van der Waals surface area contributed by atoms with Crippen LogP contribution >= 0.6 is 0 Å². The molecule has 118 valence electrons. The van der Waals surface area contributed by atoms with Crippen LogP contribution < -0.4 is 5.32 Å². The van der Waals surface area contributed by atoms with Gasteiger partial charge in [-0.05, 0) is 57.7 Å². The van der Waals surface area contributed by atoms with Gasteiger partial charge in [-0.25, -0.2) is 0 Å². The van der Waals surface area contributed by atoms with E-state index in [0.717, 1.165) is 5.92 Å². The van der Waals surface area contributed by atoms with Crippen molar-refractivity contribution in [2.45, 2.75) is 70.0 Å². The molecule has 0 aliphatic heterocycles. The lowest BCUT2D eigenvalue weighted by molar-refractivity contribution is 0.0961. The molecule has 2 heteroatoms. The van der Waals surface area contributed by atoms with Crippen LogP contribution in [0.3, 0.4) is 0 Å². The molecule has 0 bridgehead atoms. The van der Waals surface area contributed by atoms with E-state index in [9.17, 15) is 0 Å². The molecule has 0 amide bonds. The maximum atomic E-state index is 3.57. The normalized spacial score (nSPS) is 26.5. The molecule has 2 nitrogen and oxygen atoms in total. The molecule has 0 aromatic heterocycles. The maximum absolute atomic E-state index is 3.57. The number of likely N-dealkylation sites (N-methyl/N-ethyl adjacent to an activating group) is 2. The fourth-order valence-corrected chi connectivity index (χ4v) is 4.10. The summed E-state index contributed by atoms with van der Waals surface area (Å²) in [5, 5.41) is 3.57. The highest BCUT2D eigenvalue weighted by Gasteiger charge is 2.34. The Balaban J connectivity index is 2.12. The van der Waals surface area contributed by atoms with Gasteiger partial charge in [0.1, 0.15) is 0 Å². The Morgan fingerprint density at radius 1 is 1.14 bits per heavy atom. The van der Waals surface area contributed by atoms with Gasteiger partial charge in [-0.2, -0.15) is 0 Å². The van der Waals surface area contributed by atoms with Crippen molar-refractivity contribution in [3.63, 3.8) is 0 Å². The zero-order valence-corrected chi connectivity index (χ0v) is 14.2. The van der Waals surface area contributed by atoms with E-state index >= 15 is 0 Å². The first-order valence-corrected chi connectivity index (χ1v) is 8.65. The van der Waals surface area contributed by atoms with E-state index in [2.05, 4.69) is 68.5 Å². The lowest BCUT2D eigenvalue weighted by Crippen LogP contribution is -2.53. The van der Waals surface area contributed by atoms with E-state index in [-0.39, 0.29) is 0 Å². The molecule has 2 rings (SSSR count). The minimum Gasteiger partial charge on any atom is -0.315 e. The van der Waals surface area contributed by atoms with Crippen molar-refractivity contribution in [2.75, 3.05) is 14.1 Å². The van der Waals surface area contributed by atoms with E-state index in [1.165, 1.54) is 37.7 Å². The monoisotopic (exact) mass is 288 g/mol. The molecule has 1 aliphatic carbocycles. The molecule has 21 heavy (non-hydrogen) atoms. The third kappa shape index (κ3) is 3.87. The smallest absolute Gasteiger partial charge is 0.0254 e. The third-order valence-corrected chi connectivity index (χ3v) is 5.50. The van der Waals surface area contributed by atoms with Crippen molar-refractivity contribution >= 4 is 0 Å². The number of rotatable bonds is 6. The molecular formula is C19H32N2. The lowest BCUT2D eigenvalue weighted by Gasteiger charge is -2.44. The summed E-state index contributed by atoms with van der Waals surface area (Å²) < 4.78 is 0. The lowest BCUT2D eigenvalue weighted by atomic mass is 9.77. The van der Waals surface area contributed by atoms with Crippen LogP contribution in [0.5, 0.6) is 0 Å². The van der Waals surface area contributed by atoms with Gasteiger partial charge in [-0.15, -0.1) is 0 Å². The standard InChI is InChI=1S/C19H32N2/c1-5-17(6-2)21(4)19-14-16(12-13-18(19)20-3)15-10-8-7-9-11-15/h7-11,16-20H,5-6,12-14H2,1-4H3. The summed E-state index contributed by atoms with van der Waals surface area (Å²) >= 11 is 0. The van der Waals surface area contributed by atoms with E-state index in [1.54, 1.807) is 0 Å². The first-order valence-electron chi connectivity index (χ1n) is 8.65. The highest BCUT2D eigenvalue weighted by molar-refractivity contribution is 5.21. The maximum Gasteiger partial charge on any atom is 0.0254 e. The summed E-state index contributed by atoms with van der Waals surface area (Å²) in [7, 11) is 4.46. The highest BCUT2D eigenvalue weighted by Crippen LogP contribution is 2.35. The Labute approximate surface area is 130 Å². The van der Waals surface area contributed by atoms with Crippen LogP contribution in [0.15, 0.2) is 30.3 Å². The Morgan fingerprint density at radius 3 is 2.38 bits per heavy atom. The van der Waals surface area contributed by atoms with Gasteiger partial charge < -0.3 is 5.32 Å². The second kappa shape index (κ2) is 7.95. The van der Waals surface area contributed by atoms with Gasteiger partial charge in [-0.3, -0.25) is 4.90 Å². The summed E-state index contributed by atoms with van der Waals surface area (Å²) in [6, 6.07) is 13.1. The van der Waals surface area contributed by atoms with Crippen LogP contribution in [0.1, 0.15) is 57.4 Å². The second-order valence-corrected chi connectivity index (χ2v) is 6.52. The molecule has 1 aromatic rings. The van der Waals surface area contributed by atoms with Gasteiger partial charge in [0.15, 0.2) is 0 Å². The van der Waals surface area contributed by atoms with Gasteiger partial charge in [0, 0.05) is 18.1 Å². The summed E-state index contributed by atoms with van der Waals surface area (Å²) in [5.74, 6) is 0.720. The van der Waals surface area contributed by atoms with E-state index < -0.39 is 0 Å². The molecule has 0 spiro atoms. The Kier molecular flexibility index (Phi) is 6.25. The summed E-state index contributed by atoms with van der Waals surface area (Å²) in [5.41, 5.74) is 1.52. The molecule has 1 aromatic carbocycles. The highest BCUT2D eigenvalue weighted by atomic mass is 15.2. The molecule has 0 radical (unpaired) electrons. The summed E-state index contributed by atoms with van der Waals surface area (Å²) in [4.78, 5) is 2.65. The minimum absolute atomic E-state index is 0.635. The largest absolute Gasteiger partial charge is 0.315 e.